The van der Waals surface area contributed by atoms with Crippen LogP contribution in [0.5, 0.6) is 0 Å². The molecule has 200 valence electrons. The Labute approximate surface area is 234 Å². The van der Waals surface area contributed by atoms with Gasteiger partial charge in [0.25, 0.3) is 5.91 Å². The molecule has 0 saturated heterocycles. The summed E-state index contributed by atoms with van der Waals surface area (Å²) in [4.78, 5) is 26.3. The number of amides is 1. The number of carboxylic acids is 1. The van der Waals surface area contributed by atoms with Crippen LogP contribution < -0.4 is 10.6 Å². The fourth-order valence-electron chi connectivity index (χ4n) is 4.03. The number of hydrogen-bond donors (Lipinski definition) is 4. The number of allylic oxidation sites excluding steroid dienone is 1. The number of carbonyl (C=O) groups excluding carboxylic acids is 1. The van der Waals surface area contributed by atoms with E-state index in [1.54, 1.807) is 6.08 Å². The van der Waals surface area contributed by atoms with Crippen molar-refractivity contribution in [2.45, 2.75) is 26.7 Å². The highest BCUT2D eigenvalue weighted by molar-refractivity contribution is 9.10. The molecule has 2 aromatic carbocycles. The van der Waals surface area contributed by atoms with Crippen molar-refractivity contribution in [2.75, 3.05) is 17.2 Å². The topological polar surface area (TPSA) is 120 Å². The number of carbonyl (C=O) groups is 2. The van der Waals surface area contributed by atoms with Crippen LogP contribution in [0, 0.1) is 6.92 Å². The Hall–Kier alpha value is -4.37. The van der Waals surface area contributed by atoms with Gasteiger partial charge in [0.15, 0.2) is 4.60 Å². The number of para-hydroxylation sites is 1. The molecular formula is C30H29BrN4O4. The van der Waals surface area contributed by atoms with Gasteiger partial charge in [-0.15, -0.1) is 0 Å². The van der Waals surface area contributed by atoms with E-state index in [0.717, 1.165) is 53.5 Å². The van der Waals surface area contributed by atoms with E-state index >= 15 is 0 Å². The molecule has 0 fully saturated rings. The second kappa shape index (κ2) is 12.9. The number of aromatic nitrogens is 2. The summed E-state index contributed by atoms with van der Waals surface area (Å²) in [6, 6.07) is 15.6. The zero-order chi connectivity index (χ0) is 27.8. The molecule has 4 N–H and O–H groups in total. The molecule has 2 aromatic heterocycles. The highest BCUT2D eigenvalue weighted by atomic mass is 79.9. The third-order valence-electron chi connectivity index (χ3n) is 6.03. The summed E-state index contributed by atoms with van der Waals surface area (Å²) in [5.74, 6) is -0.814. The van der Waals surface area contributed by atoms with Gasteiger partial charge in [0.1, 0.15) is 0 Å². The van der Waals surface area contributed by atoms with Gasteiger partial charge in [-0.1, -0.05) is 66.7 Å². The smallest absolute Gasteiger partial charge is 0.328 e. The monoisotopic (exact) mass is 588 g/mol. The predicted octanol–water partition coefficient (Wildman–Crippen LogP) is 6.97. The zero-order valence-corrected chi connectivity index (χ0v) is 23.2. The largest absolute Gasteiger partial charge is 0.478 e. The van der Waals surface area contributed by atoms with E-state index in [9.17, 15) is 9.59 Å². The lowest BCUT2D eigenvalue weighted by atomic mass is 10.1. The molecule has 1 aliphatic rings. The molecule has 0 spiro atoms. The van der Waals surface area contributed by atoms with Gasteiger partial charge in [-0.3, -0.25) is 10.1 Å². The average molecular weight is 589 g/mol. The molecule has 5 rings (SSSR count). The maximum absolute atomic E-state index is 12.8. The zero-order valence-electron chi connectivity index (χ0n) is 21.6. The van der Waals surface area contributed by atoms with Crippen LogP contribution in [0.4, 0.5) is 11.6 Å². The summed E-state index contributed by atoms with van der Waals surface area (Å²) >= 11 is 3.28. The Kier molecular flexibility index (Phi) is 9.17. The molecular weight excluding hydrogens is 560 g/mol. The number of hydrogen-bond acceptors (Lipinski definition) is 5. The summed E-state index contributed by atoms with van der Waals surface area (Å²) in [6.07, 6.45) is 10.2. The number of nitrogens with one attached hydrogen (secondary N) is 3. The maximum Gasteiger partial charge on any atom is 0.328 e. The molecule has 0 atom stereocenters. The van der Waals surface area contributed by atoms with E-state index in [2.05, 4.69) is 61.8 Å². The van der Waals surface area contributed by atoms with E-state index in [4.69, 9.17) is 9.63 Å². The van der Waals surface area contributed by atoms with E-state index in [-0.39, 0.29) is 5.91 Å². The Morgan fingerprint density at radius 3 is 2.67 bits per heavy atom. The third-order valence-corrected chi connectivity index (χ3v) is 6.77. The van der Waals surface area contributed by atoms with Crippen LogP contribution in [-0.4, -0.2) is 33.7 Å². The van der Waals surface area contributed by atoms with Gasteiger partial charge in [0, 0.05) is 34.8 Å². The highest BCUT2D eigenvalue weighted by Crippen LogP contribution is 2.32. The summed E-state index contributed by atoms with van der Waals surface area (Å²) in [7, 11) is 0. The fraction of sp³-hybridized carbons (Fsp3) is 0.167. The van der Waals surface area contributed by atoms with Crippen molar-refractivity contribution in [2.24, 2.45) is 0 Å². The predicted molar refractivity (Wildman–Crippen MR) is 159 cm³/mol. The van der Waals surface area contributed by atoms with Crippen LogP contribution in [0.25, 0.3) is 23.1 Å². The minimum atomic E-state index is -0.922. The molecule has 0 unspecified atom stereocenters. The summed E-state index contributed by atoms with van der Waals surface area (Å²) in [6.45, 7) is 4.89. The van der Waals surface area contributed by atoms with Crippen LogP contribution >= 0.6 is 15.9 Å². The molecule has 39 heavy (non-hydrogen) atoms. The molecule has 0 aliphatic heterocycles. The van der Waals surface area contributed by atoms with Crippen molar-refractivity contribution in [3.05, 3.63) is 99.3 Å². The van der Waals surface area contributed by atoms with Crippen LogP contribution in [0.15, 0.2) is 81.5 Å². The van der Waals surface area contributed by atoms with Gasteiger partial charge >= 0.3 is 5.97 Å². The van der Waals surface area contributed by atoms with Crippen LogP contribution in [0.2, 0.25) is 0 Å². The van der Waals surface area contributed by atoms with Crippen molar-refractivity contribution in [3.63, 3.8) is 0 Å². The average Bonchev–Trinajstić information content (AvgIpc) is 3.36. The van der Waals surface area contributed by atoms with Crippen molar-refractivity contribution in [1.82, 2.24) is 10.1 Å². The van der Waals surface area contributed by atoms with Gasteiger partial charge in [-0.05, 0) is 65.0 Å². The Bertz CT molecular complexity index is 1560. The lowest BCUT2D eigenvalue weighted by Crippen LogP contribution is -2.13. The van der Waals surface area contributed by atoms with E-state index < -0.39 is 5.97 Å². The van der Waals surface area contributed by atoms with Gasteiger partial charge in [-0.2, -0.15) is 0 Å². The number of fused-ring (bicyclic) bond motifs is 3. The van der Waals surface area contributed by atoms with Gasteiger partial charge in [-0.25, -0.2) is 4.79 Å². The number of halogens is 1. The van der Waals surface area contributed by atoms with E-state index in [0.29, 0.717) is 16.1 Å². The SMILES string of the molecule is CCCNc1cccc2c3c([nH]c12)C=C(C(=O)Nc1onc(Br)c1C)C=CC3.O=C(O)C=Cc1ccccc1. The first-order chi connectivity index (χ1) is 18.9. The highest BCUT2D eigenvalue weighted by Gasteiger charge is 2.19. The lowest BCUT2D eigenvalue weighted by molar-refractivity contribution is -0.131. The first kappa shape index (κ1) is 27.7. The fourth-order valence-corrected chi connectivity index (χ4v) is 4.28. The number of H-pyrrole nitrogens is 1. The lowest BCUT2D eigenvalue weighted by Gasteiger charge is -2.06. The van der Waals surface area contributed by atoms with Gasteiger partial charge in [0.2, 0.25) is 5.88 Å². The molecule has 0 radical (unpaired) electrons. The molecule has 0 bridgehead atoms. The molecule has 4 aromatic rings. The Morgan fingerprint density at radius 2 is 1.97 bits per heavy atom. The number of benzene rings is 2. The number of rotatable bonds is 7. The second-order valence-electron chi connectivity index (χ2n) is 8.84. The minimum absolute atomic E-state index is 0.237. The van der Waals surface area contributed by atoms with E-state index in [1.807, 2.05) is 55.5 Å². The summed E-state index contributed by atoms with van der Waals surface area (Å²) in [5, 5.41) is 19.5. The Morgan fingerprint density at radius 1 is 1.18 bits per heavy atom. The van der Waals surface area contributed by atoms with Crippen molar-refractivity contribution >= 4 is 62.4 Å². The van der Waals surface area contributed by atoms with Crippen molar-refractivity contribution in [3.8, 4) is 0 Å². The number of anilines is 2. The quantitative estimate of drug-likeness (QED) is 0.173. The normalized spacial score (nSPS) is 12.3. The number of nitrogens with zero attached hydrogens (tertiary/aromatic N) is 1. The number of carboxylic acid groups (broad SMARTS) is 1. The summed E-state index contributed by atoms with van der Waals surface area (Å²) in [5.41, 5.74) is 6.50. The molecule has 1 amide bonds. The number of aromatic amines is 1. The maximum atomic E-state index is 12.8. The molecule has 2 heterocycles. The minimum Gasteiger partial charge on any atom is -0.478 e. The van der Waals surface area contributed by atoms with Crippen LogP contribution in [-0.2, 0) is 16.0 Å². The van der Waals surface area contributed by atoms with Crippen LogP contribution in [0.1, 0.15) is 35.7 Å². The van der Waals surface area contributed by atoms with Gasteiger partial charge in [0.05, 0.1) is 11.2 Å². The molecule has 8 nitrogen and oxygen atoms in total. The Balaban J connectivity index is 0.000000270. The first-order valence-corrected chi connectivity index (χ1v) is 13.3. The standard InChI is InChI=1S/C21H21BrN4O2.C9H8O2/c1-3-10-23-16-9-5-8-15-14-7-4-6-13(11-17(14)24-18(15)16)20(27)25-21-12(2)19(22)26-28-21;10-9(11)7-6-8-4-2-1-3-5-8/h4-6,8-9,11,23-24H,3,7,10H2,1-2H3,(H,25,27);1-7H,(H,10,11). The number of aliphatic carboxylic acids is 1. The third kappa shape index (κ3) is 6.94. The van der Waals surface area contributed by atoms with Crippen molar-refractivity contribution < 1.29 is 19.2 Å². The van der Waals surface area contributed by atoms with E-state index in [1.165, 1.54) is 10.9 Å². The molecule has 1 aliphatic carbocycles. The molecule has 9 heteroatoms. The molecule has 0 saturated carbocycles. The summed E-state index contributed by atoms with van der Waals surface area (Å²) < 4.78 is 5.74. The van der Waals surface area contributed by atoms with Gasteiger partial charge < -0.3 is 19.9 Å². The first-order valence-electron chi connectivity index (χ1n) is 12.5. The van der Waals surface area contributed by atoms with Crippen molar-refractivity contribution in [1.29, 1.82) is 0 Å². The second-order valence-corrected chi connectivity index (χ2v) is 9.59. The van der Waals surface area contributed by atoms with Crippen LogP contribution in [0.3, 0.4) is 0 Å².